The Morgan fingerprint density at radius 3 is 2.31 bits per heavy atom. The molecule has 0 heterocycles. The van der Waals surface area contributed by atoms with Gasteiger partial charge in [0.15, 0.2) is 0 Å². The van der Waals surface area contributed by atoms with E-state index in [1.165, 1.54) is 17.0 Å². The van der Waals surface area contributed by atoms with E-state index < -0.39 is 6.61 Å². The molecule has 0 aliphatic heterocycles. The minimum Gasteiger partial charge on any atom is -0.435 e. The predicted octanol–water partition coefficient (Wildman–Crippen LogP) is 2.61. The maximum Gasteiger partial charge on any atom is 0.387 e. The fourth-order valence-electron chi connectivity index (χ4n) is 2.29. The zero-order valence-corrected chi connectivity index (χ0v) is 14.3. The fourth-order valence-corrected chi connectivity index (χ4v) is 2.29. The number of amides is 2. The van der Waals surface area contributed by atoms with E-state index in [-0.39, 0.29) is 30.5 Å². The molecule has 0 aliphatic rings. The summed E-state index contributed by atoms with van der Waals surface area (Å²) in [6, 6.07) is 15.3. The number of nitrogens with one attached hydrogen (secondary N) is 1. The summed E-state index contributed by atoms with van der Waals surface area (Å²) in [6.07, 6.45) is 0.212. The molecule has 2 aromatic rings. The van der Waals surface area contributed by atoms with E-state index in [4.69, 9.17) is 0 Å². The van der Waals surface area contributed by atoms with Gasteiger partial charge in [0.1, 0.15) is 5.75 Å². The lowest BCUT2D eigenvalue weighted by atomic mass is 10.1. The molecular formula is C19H20F2N2O3. The van der Waals surface area contributed by atoms with Crippen molar-refractivity contribution in [2.45, 2.75) is 19.6 Å². The highest BCUT2D eigenvalue weighted by molar-refractivity contribution is 5.85. The lowest BCUT2D eigenvalue weighted by Crippen LogP contribution is -2.38. The molecule has 0 atom stereocenters. The van der Waals surface area contributed by atoms with Crippen molar-refractivity contribution in [1.82, 2.24) is 10.2 Å². The first-order chi connectivity index (χ1) is 12.4. The molecule has 2 rings (SSSR count). The van der Waals surface area contributed by atoms with Gasteiger partial charge in [-0.3, -0.25) is 9.59 Å². The van der Waals surface area contributed by atoms with Crippen LogP contribution >= 0.6 is 0 Å². The van der Waals surface area contributed by atoms with Crippen LogP contribution in [0.25, 0.3) is 0 Å². The van der Waals surface area contributed by atoms with Crippen LogP contribution in [0.3, 0.4) is 0 Å². The molecule has 0 aromatic heterocycles. The monoisotopic (exact) mass is 362 g/mol. The van der Waals surface area contributed by atoms with Crippen LogP contribution in [0.15, 0.2) is 54.6 Å². The summed E-state index contributed by atoms with van der Waals surface area (Å²) >= 11 is 0. The standard InChI is InChI=1S/C19H20F2N2O3/c1-23(13-15-7-9-16(10-8-15)26-19(20)21)18(25)12-22-17(24)11-14-5-3-2-4-6-14/h2-10,19H,11-13H2,1H3,(H,22,24). The number of carbonyl (C=O) groups is 2. The van der Waals surface area contributed by atoms with Gasteiger partial charge in [-0.15, -0.1) is 0 Å². The van der Waals surface area contributed by atoms with Gasteiger partial charge in [-0.2, -0.15) is 8.78 Å². The van der Waals surface area contributed by atoms with E-state index in [1.54, 1.807) is 19.2 Å². The average Bonchev–Trinajstić information content (AvgIpc) is 2.61. The smallest absolute Gasteiger partial charge is 0.387 e. The van der Waals surface area contributed by atoms with Gasteiger partial charge in [0.2, 0.25) is 11.8 Å². The minimum atomic E-state index is -2.87. The Labute approximate surface area is 150 Å². The SMILES string of the molecule is CN(Cc1ccc(OC(F)F)cc1)C(=O)CNC(=O)Cc1ccccc1. The maximum absolute atomic E-state index is 12.1. The molecule has 0 bridgehead atoms. The zero-order chi connectivity index (χ0) is 18.9. The molecule has 0 saturated carbocycles. The molecular weight excluding hydrogens is 342 g/mol. The minimum absolute atomic E-state index is 0.0610. The quantitative estimate of drug-likeness (QED) is 0.785. The van der Waals surface area contributed by atoms with E-state index in [0.29, 0.717) is 6.54 Å². The van der Waals surface area contributed by atoms with Crippen LogP contribution < -0.4 is 10.1 Å². The molecule has 138 valence electrons. The van der Waals surface area contributed by atoms with Crippen molar-refractivity contribution in [2.24, 2.45) is 0 Å². The molecule has 2 aromatic carbocycles. The van der Waals surface area contributed by atoms with Gasteiger partial charge in [0, 0.05) is 13.6 Å². The molecule has 1 N–H and O–H groups in total. The van der Waals surface area contributed by atoms with Crippen LogP contribution in [0.1, 0.15) is 11.1 Å². The van der Waals surface area contributed by atoms with Gasteiger partial charge in [-0.05, 0) is 23.3 Å². The highest BCUT2D eigenvalue weighted by Crippen LogP contribution is 2.15. The highest BCUT2D eigenvalue weighted by atomic mass is 19.3. The zero-order valence-electron chi connectivity index (χ0n) is 14.3. The van der Waals surface area contributed by atoms with Crippen molar-refractivity contribution in [1.29, 1.82) is 0 Å². The number of hydrogen-bond donors (Lipinski definition) is 1. The summed E-state index contributed by atoms with van der Waals surface area (Å²) < 4.78 is 28.5. The Bertz CT molecular complexity index is 721. The third kappa shape index (κ3) is 6.51. The summed E-state index contributed by atoms with van der Waals surface area (Å²) in [6.45, 7) is -2.68. The Morgan fingerprint density at radius 2 is 1.69 bits per heavy atom. The predicted molar refractivity (Wildman–Crippen MR) is 92.7 cm³/mol. The third-order valence-corrected chi connectivity index (χ3v) is 3.64. The topological polar surface area (TPSA) is 58.6 Å². The molecule has 0 aliphatic carbocycles. The number of likely N-dealkylation sites (N-methyl/N-ethyl adjacent to an activating group) is 1. The van der Waals surface area contributed by atoms with Crippen molar-refractivity contribution >= 4 is 11.8 Å². The molecule has 5 nitrogen and oxygen atoms in total. The van der Waals surface area contributed by atoms with Crippen LogP contribution in [0, 0.1) is 0 Å². The molecule has 0 unspecified atom stereocenters. The van der Waals surface area contributed by atoms with E-state index in [2.05, 4.69) is 10.1 Å². The first-order valence-electron chi connectivity index (χ1n) is 8.02. The summed E-state index contributed by atoms with van der Waals surface area (Å²) in [5, 5.41) is 2.59. The lowest BCUT2D eigenvalue weighted by Gasteiger charge is -2.18. The average molecular weight is 362 g/mol. The van der Waals surface area contributed by atoms with Crippen LogP contribution in [-0.4, -0.2) is 36.9 Å². The van der Waals surface area contributed by atoms with Gasteiger partial charge in [0.25, 0.3) is 0 Å². The molecule has 0 radical (unpaired) electrons. The lowest BCUT2D eigenvalue weighted by molar-refractivity contribution is -0.132. The van der Waals surface area contributed by atoms with Crippen LogP contribution in [0.4, 0.5) is 8.78 Å². The number of hydrogen-bond acceptors (Lipinski definition) is 3. The number of rotatable bonds is 8. The van der Waals surface area contributed by atoms with Gasteiger partial charge < -0.3 is 15.0 Å². The van der Waals surface area contributed by atoms with Gasteiger partial charge >= 0.3 is 6.61 Å². The second-order valence-electron chi connectivity index (χ2n) is 5.71. The fraction of sp³-hybridized carbons (Fsp3) is 0.263. The number of alkyl halides is 2. The van der Waals surface area contributed by atoms with Crippen LogP contribution in [0.2, 0.25) is 0 Å². The van der Waals surface area contributed by atoms with Gasteiger partial charge in [-0.25, -0.2) is 0 Å². The van der Waals surface area contributed by atoms with Crippen LogP contribution in [0.5, 0.6) is 5.75 Å². The normalized spacial score (nSPS) is 10.5. The first-order valence-corrected chi connectivity index (χ1v) is 8.02. The van der Waals surface area contributed by atoms with Crippen LogP contribution in [-0.2, 0) is 22.6 Å². The summed E-state index contributed by atoms with van der Waals surface area (Å²) in [5.74, 6) is -0.420. The van der Waals surface area contributed by atoms with E-state index in [9.17, 15) is 18.4 Å². The number of ether oxygens (including phenoxy) is 1. The Hall–Kier alpha value is -2.96. The second-order valence-corrected chi connectivity index (χ2v) is 5.71. The second kappa shape index (κ2) is 9.50. The molecule has 26 heavy (non-hydrogen) atoms. The summed E-state index contributed by atoms with van der Waals surface area (Å²) in [5.41, 5.74) is 1.63. The largest absolute Gasteiger partial charge is 0.435 e. The highest BCUT2D eigenvalue weighted by Gasteiger charge is 2.12. The van der Waals surface area contributed by atoms with E-state index in [1.807, 2.05) is 30.3 Å². The molecule has 0 fully saturated rings. The van der Waals surface area contributed by atoms with E-state index >= 15 is 0 Å². The number of halogens is 2. The van der Waals surface area contributed by atoms with Crippen molar-refractivity contribution in [3.63, 3.8) is 0 Å². The van der Waals surface area contributed by atoms with Crippen molar-refractivity contribution in [3.8, 4) is 5.75 Å². The van der Waals surface area contributed by atoms with Gasteiger partial charge in [0.05, 0.1) is 13.0 Å². The first kappa shape index (κ1) is 19.4. The molecule has 0 saturated heterocycles. The number of benzene rings is 2. The van der Waals surface area contributed by atoms with Crippen molar-refractivity contribution < 1.29 is 23.1 Å². The maximum atomic E-state index is 12.1. The number of carbonyl (C=O) groups excluding carboxylic acids is 2. The third-order valence-electron chi connectivity index (χ3n) is 3.64. The molecule has 0 spiro atoms. The van der Waals surface area contributed by atoms with Gasteiger partial charge in [-0.1, -0.05) is 42.5 Å². The Kier molecular flexibility index (Phi) is 7.08. The summed E-state index contributed by atoms with van der Waals surface area (Å²) in [7, 11) is 1.61. The van der Waals surface area contributed by atoms with Crippen molar-refractivity contribution in [2.75, 3.05) is 13.6 Å². The Morgan fingerprint density at radius 1 is 1.04 bits per heavy atom. The molecule has 2 amide bonds. The Balaban J connectivity index is 1.77. The summed E-state index contributed by atoms with van der Waals surface area (Å²) in [4.78, 5) is 25.4. The number of nitrogens with zero attached hydrogens (tertiary/aromatic N) is 1. The van der Waals surface area contributed by atoms with E-state index in [0.717, 1.165) is 11.1 Å². The molecule has 7 heteroatoms. The van der Waals surface area contributed by atoms with Crippen molar-refractivity contribution in [3.05, 3.63) is 65.7 Å².